The summed E-state index contributed by atoms with van der Waals surface area (Å²) in [6, 6.07) is 8.13. The molecule has 2 aromatic heterocycles. The van der Waals surface area contributed by atoms with Crippen molar-refractivity contribution in [1.29, 1.82) is 0 Å². The second-order valence-corrected chi connectivity index (χ2v) is 6.08. The van der Waals surface area contributed by atoms with E-state index in [2.05, 4.69) is 5.32 Å². The van der Waals surface area contributed by atoms with Crippen LogP contribution in [0.3, 0.4) is 0 Å². The maximum Gasteiger partial charge on any atom is 0.336 e. The van der Waals surface area contributed by atoms with Gasteiger partial charge in [0.1, 0.15) is 5.58 Å². The van der Waals surface area contributed by atoms with Crippen LogP contribution in [-0.2, 0) is 0 Å². The van der Waals surface area contributed by atoms with Gasteiger partial charge in [0.15, 0.2) is 5.78 Å². The van der Waals surface area contributed by atoms with Crippen molar-refractivity contribution in [1.82, 2.24) is 0 Å². The van der Waals surface area contributed by atoms with Gasteiger partial charge in [0.25, 0.3) is 5.91 Å². The smallest absolute Gasteiger partial charge is 0.336 e. The van der Waals surface area contributed by atoms with Crippen LogP contribution in [-0.4, -0.2) is 11.7 Å². The number of hydrogen-bond acceptors (Lipinski definition) is 5. The largest absolute Gasteiger partial charge is 0.423 e. The normalized spacial score (nSPS) is 10.7. The lowest BCUT2D eigenvalue weighted by Gasteiger charge is -2.06. The molecule has 0 spiro atoms. The molecule has 2 heterocycles. The molecule has 0 aliphatic rings. The summed E-state index contributed by atoms with van der Waals surface area (Å²) in [4.78, 5) is 35.5. The van der Waals surface area contributed by atoms with Crippen LogP contribution in [0.15, 0.2) is 44.9 Å². The number of carbonyl (C=O) groups is 2. The van der Waals surface area contributed by atoms with Gasteiger partial charge in [0.2, 0.25) is 0 Å². The molecule has 0 saturated heterocycles. The summed E-state index contributed by atoms with van der Waals surface area (Å²) >= 11 is 1.23. The van der Waals surface area contributed by atoms with Gasteiger partial charge in [0.05, 0.1) is 10.4 Å². The molecule has 5 nitrogen and oxygen atoms in total. The predicted molar refractivity (Wildman–Crippen MR) is 89.5 cm³/mol. The van der Waals surface area contributed by atoms with Crippen LogP contribution < -0.4 is 10.9 Å². The molecule has 116 valence electrons. The van der Waals surface area contributed by atoms with Gasteiger partial charge >= 0.3 is 5.63 Å². The van der Waals surface area contributed by atoms with Crippen LogP contribution in [0.2, 0.25) is 0 Å². The summed E-state index contributed by atoms with van der Waals surface area (Å²) in [6.45, 7) is 3.29. The van der Waals surface area contributed by atoms with Crippen molar-refractivity contribution in [3.8, 4) is 0 Å². The topological polar surface area (TPSA) is 76.4 Å². The highest BCUT2D eigenvalue weighted by Gasteiger charge is 2.12. The first-order valence-electron chi connectivity index (χ1n) is 6.89. The Balaban J connectivity index is 1.90. The highest BCUT2D eigenvalue weighted by Crippen LogP contribution is 2.22. The highest BCUT2D eigenvalue weighted by molar-refractivity contribution is 7.12. The molecule has 3 rings (SSSR count). The van der Waals surface area contributed by atoms with Crippen molar-refractivity contribution in [2.24, 2.45) is 0 Å². The monoisotopic (exact) mass is 327 g/mol. The number of fused-ring (bicyclic) bond motifs is 1. The van der Waals surface area contributed by atoms with Crippen molar-refractivity contribution >= 4 is 39.7 Å². The number of Topliss-reactive ketones (excluding diaryl/α,β-unsaturated/α-hetero) is 1. The van der Waals surface area contributed by atoms with Crippen molar-refractivity contribution in [3.63, 3.8) is 0 Å². The molecular weight excluding hydrogens is 314 g/mol. The summed E-state index contributed by atoms with van der Waals surface area (Å²) in [5.41, 5.74) is 1.75. The fourth-order valence-corrected chi connectivity index (χ4v) is 3.04. The minimum Gasteiger partial charge on any atom is -0.423 e. The molecule has 1 N–H and O–H groups in total. The van der Waals surface area contributed by atoms with Crippen LogP contribution in [0.4, 0.5) is 5.69 Å². The van der Waals surface area contributed by atoms with Gasteiger partial charge < -0.3 is 9.73 Å². The van der Waals surface area contributed by atoms with Crippen LogP contribution in [0, 0.1) is 6.92 Å². The van der Waals surface area contributed by atoms with Gasteiger partial charge in [-0.05, 0) is 37.6 Å². The maximum atomic E-state index is 12.2. The zero-order valence-electron chi connectivity index (χ0n) is 12.5. The van der Waals surface area contributed by atoms with E-state index < -0.39 is 5.63 Å². The number of ketones is 1. The van der Waals surface area contributed by atoms with E-state index in [0.717, 1.165) is 10.9 Å². The minimum absolute atomic E-state index is 0.0722. The fraction of sp³-hybridized carbons (Fsp3) is 0.118. The van der Waals surface area contributed by atoms with Crippen molar-refractivity contribution in [3.05, 3.63) is 62.1 Å². The molecule has 0 bridgehead atoms. The molecule has 0 aliphatic heterocycles. The van der Waals surface area contributed by atoms with Gasteiger partial charge in [-0.3, -0.25) is 9.59 Å². The van der Waals surface area contributed by atoms with E-state index in [1.807, 2.05) is 6.92 Å². The van der Waals surface area contributed by atoms with Gasteiger partial charge in [-0.15, -0.1) is 11.3 Å². The number of nitrogens with one attached hydrogen (secondary N) is 1. The number of rotatable bonds is 3. The molecule has 1 aromatic carbocycles. The van der Waals surface area contributed by atoms with Gasteiger partial charge in [0, 0.05) is 28.6 Å². The number of carbonyl (C=O) groups excluding carboxylic acids is 2. The lowest BCUT2D eigenvalue weighted by atomic mass is 10.1. The Kier molecular flexibility index (Phi) is 3.83. The van der Waals surface area contributed by atoms with Crippen LogP contribution in [0.5, 0.6) is 0 Å². The summed E-state index contributed by atoms with van der Waals surface area (Å²) in [7, 11) is 0. The lowest BCUT2D eigenvalue weighted by molar-refractivity contribution is 0.102. The fourth-order valence-electron chi connectivity index (χ4n) is 2.25. The zero-order chi connectivity index (χ0) is 16.6. The molecule has 0 aliphatic carbocycles. The summed E-state index contributed by atoms with van der Waals surface area (Å²) in [5, 5.41) is 5.19. The Morgan fingerprint density at radius 3 is 2.65 bits per heavy atom. The Morgan fingerprint density at radius 1 is 1.17 bits per heavy atom. The second kappa shape index (κ2) is 5.81. The number of anilines is 1. The first kappa shape index (κ1) is 15.2. The summed E-state index contributed by atoms with van der Waals surface area (Å²) in [6.07, 6.45) is 0. The maximum absolute atomic E-state index is 12.2. The molecule has 0 atom stereocenters. The quantitative estimate of drug-likeness (QED) is 0.589. The highest BCUT2D eigenvalue weighted by atomic mass is 32.1. The molecule has 1 amide bonds. The number of benzene rings is 1. The van der Waals surface area contributed by atoms with E-state index in [0.29, 0.717) is 21.7 Å². The van der Waals surface area contributed by atoms with E-state index in [9.17, 15) is 14.4 Å². The van der Waals surface area contributed by atoms with Gasteiger partial charge in [-0.25, -0.2) is 4.79 Å². The van der Waals surface area contributed by atoms with Crippen LogP contribution in [0.25, 0.3) is 11.0 Å². The number of hydrogen-bond donors (Lipinski definition) is 1. The van der Waals surface area contributed by atoms with Crippen molar-refractivity contribution in [2.45, 2.75) is 13.8 Å². The van der Waals surface area contributed by atoms with Gasteiger partial charge in [-0.2, -0.15) is 0 Å². The minimum atomic E-state index is -0.428. The molecule has 3 aromatic rings. The Morgan fingerprint density at radius 2 is 1.96 bits per heavy atom. The van der Waals surface area contributed by atoms with Crippen LogP contribution in [0.1, 0.15) is 32.5 Å². The number of thiophene rings is 1. The Hall–Kier alpha value is -2.73. The molecular formula is C17H13NO4S. The van der Waals surface area contributed by atoms with E-state index in [1.54, 1.807) is 29.6 Å². The third-order valence-corrected chi connectivity index (χ3v) is 4.45. The van der Waals surface area contributed by atoms with E-state index >= 15 is 0 Å². The predicted octanol–water partition coefficient (Wildman–Crippen LogP) is 3.62. The van der Waals surface area contributed by atoms with E-state index in [-0.39, 0.29) is 11.7 Å². The first-order chi connectivity index (χ1) is 10.9. The summed E-state index contributed by atoms with van der Waals surface area (Å²) in [5.74, 6) is -0.389. The Labute approximate surface area is 135 Å². The first-order valence-corrected chi connectivity index (χ1v) is 7.77. The SMILES string of the molecule is CC(=O)c1cc(C(=O)Nc2ccc3c(C)cc(=O)oc3c2)cs1. The molecule has 0 unspecified atom stereocenters. The second-order valence-electron chi connectivity index (χ2n) is 5.17. The lowest BCUT2D eigenvalue weighted by Crippen LogP contribution is -2.11. The molecule has 23 heavy (non-hydrogen) atoms. The number of amides is 1. The van der Waals surface area contributed by atoms with Crippen molar-refractivity contribution < 1.29 is 14.0 Å². The Bertz CT molecular complexity index is 984. The molecule has 6 heteroatoms. The third kappa shape index (κ3) is 3.07. The number of aryl methyl sites for hydroxylation is 1. The van der Waals surface area contributed by atoms with E-state index in [1.165, 1.54) is 24.3 Å². The molecule has 0 saturated carbocycles. The standard InChI is InChI=1S/C17H13NO4S/c1-9-5-16(20)22-14-7-12(3-4-13(9)14)18-17(21)11-6-15(10(2)19)23-8-11/h3-8H,1-2H3,(H,18,21). The zero-order valence-corrected chi connectivity index (χ0v) is 13.3. The molecule has 0 radical (unpaired) electrons. The van der Waals surface area contributed by atoms with Crippen molar-refractivity contribution in [2.75, 3.05) is 5.32 Å². The summed E-state index contributed by atoms with van der Waals surface area (Å²) < 4.78 is 5.16. The van der Waals surface area contributed by atoms with E-state index in [4.69, 9.17) is 4.42 Å². The van der Waals surface area contributed by atoms with Gasteiger partial charge in [-0.1, -0.05) is 0 Å². The third-order valence-electron chi connectivity index (χ3n) is 3.42. The van der Waals surface area contributed by atoms with Crippen LogP contribution >= 0.6 is 11.3 Å². The average molecular weight is 327 g/mol. The molecule has 0 fully saturated rings. The average Bonchev–Trinajstić information content (AvgIpc) is 2.96.